The predicted octanol–water partition coefficient (Wildman–Crippen LogP) is 0.0276. The molecule has 1 atom stereocenters. The van der Waals surface area contributed by atoms with Crippen molar-refractivity contribution in [3.63, 3.8) is 0 Å². The SMILES string of the molecule is O=C1NCc2ccc(N3CC(O)CC3=O)cc21. The van der Waals surface area contributed by atoms with Crippen LogP contribution in [0.15, 0.2) is 18.2 Å². The first-order chi connectivity index (χ1) is 8.15. The first-order valence-electron chi connectivity index (χ1n) is 5.55. The second kappa shape index (κ2) is 3.56. The lowest BCUT2D eigenvalue weighted by atomic mass is 10.1. The van der Waals surface area contributed by atoms with Gasteiger partial charge < -0.3 is 15.3 Å². The molecule has 2 aliphatic rings. The average Bonchev–Trinajstić information content (AvgIpc) is 2.83. The van der Waals surface area contributed by atoms with Gasteiger partial charge in [0.05, 0.1) is 19.1 Å². The van der Waals surface area contributed by atoms with E-state index in [0.717, 1.165) is 5.56 Å². The second-order valence-electron chi connectivity index (χ2n) is 4.39. The van der Waals surface area contributed by atoms with Crippen molar-refractivity contribution in [1.29, 1.82) is 0 Å². The van der Waals surface area contributed by atoms with Crippen LogP contribution in [0.5, 0.6) is 0 Å². The number of β-amino-alcohol motifs (C(OH)–C–C–N with tert-alkyl or cyclic N) is 1. The van der Waals surface area contributed by atoms with Gasteiger partial charge in [0.25, 0.3) is 5.91 Å². The summed E-state index contributed by atoms with van der Waals surface area (Å²) in [5, 5.41) is 12.2. The van der Waals surface area contributed by atoms with Crippen molar-refractivity contribution < 1.29 is 14.7 Å². The maximum atomic E-state index is 11.6. The Labute approximate surface area is 98.0 Å². The van der Waals surface area contributed by atoms with E-state index >= 15 is 0 Å². The van der Waals surface area contributed by atoms with Gasteiger partial charge >= 0.3 is 0 Å². The third-order valence-electron chi connectivity index (χ3n) is 3.19. The fourth-order valence-electron chi connectivity index (χ4n) is 2.31. The zero-order valence-electron chi connectivity index (χ0n) is 9.14. The molecular formula is C12H12N2O3. The number of nitrogens with zero attached hydrogens (tertiary/aromatic N) is 1. The highest BCUT2D eigenvalue weighted by Gasteiger charge is 2.30. The first-order valence-corrected chi connectivity index (χ1v) is 5.55. The van der Waals surface area contributed by atoms with Crippen LogP contribution in [0.1, 0.15) is 22.3 Å². The molecule has 0 aromatic heterocycles. The van der Waals surface area contributed by atoms with Gasteiger partial charge in [-0.05, 0) is 17.7 Å². The Morgan fingerprint density at radius 3 is 2.88 bits per heavy atom. The van der Waals surface area contributed by atoms with Gasteiger partial charge in [0.2, 0.25) is 5.91 Å². The summed E-state index contributed by atoms with van der Waals surface area (Å²) in [6, 6.07) is 5.38. The maximum Gasteiger partial charge on any atom is 0.251 e. The second-order valence-corrected chi connectivity index (χ2v) is 4.39. The normalized spacial score (nSPS) is 22.9. The topological polar surface area (TPSA) is 69.6 Å². The molecule has 2 heterocycles. The van der Waals surface area contributed by atoms with Gasteiger partial charge in [0.15, 0.2) is 0 Å². The molecule has 3 rings (SSSR count). The summed E-state index contributed by atoms with van der Waals surface area (Å²) in [4.78, 5) is 24.7. The molecule has 17 heavy (non-hydrogen) atoms. The predicted molar refractivity (Wildman–Crippen MR) is 60.6 cm³/mol. The van der Waals surface area contributed by atoms with Gasteiger partial charge in [-0.15, -0.1) is 0 Å². The molecule has 1 aromatic carbocycles. The standard InChI is InChI=1S/C12H12N2O3/c15-9-4-11(16)14(6-9)8-2-1-7-5-13-12(17)10(7)3-8/h1-3,9,15H,4-6H2,(H,13,17). The Bertz CT molecular complexity index is 512. The summed E-state index contributed by atoms with van der Waals surface area (Å²) >= 11 is 0. The molecule has 1 aromatic rings. The summed E-state index contributed by atoms with van der Waals surface area (Å²) < 4.78 is 0. The number of carbonyl (C=O) groups is 2. The van der Waals surface area contributed by atoms with Gasteiger partial charge in [-0.25, -0.2) is 0 Å². The maximum absolute atomic E-state index is 11.6. The highest BCUT2D eigenvalue weighted by atomic mass is 16.3. The lowest BCUT2D eigenvalue weighted by Gasteiger charge is -2.16. The average molecular weight is 232 g/mol. The summed E-state index contributed by atoms with van der Waals surface area (Å²) in [6.45, 7) is 0.851. The van der Waals surface area contributed by atoms with Crippen molar-refractivity contribution in [1.82, 2.24) is 5.32 Å². The third-order valence-corrected chi connectivity index (χ3v) is 3.19. The van der Waals surface area contributed by atoms with E-state index in [2.05, 4.69) is 5.32 Å². The number of hydrogen-bond donors (Lipinski definition) is 2. The van der Waals surface area contributed by atoms with Gasteiger partial charge in [-0.1, -0.05) is 6.07 Å². The molecule has 0 spiro atoms. The number of aliphatic hydroxyl groups is 1. The fourth-order valence-corrected chi connectivity index (χ4v) is 2.31. The Morgan fingerprint density at radius 1 is 1.35 bits per heavy atom. The summed E-state index contributed by atoms with van der Waals surface area (Å²) in [6.07, 6.45) is -0.451. The minimum Gasteiger partial charge on any atom is -0.391 e. The molecule has 0 bridgehead atoms. The van der Waals surface area contributed by atoms with Crippen molar-refractivity contribution >= 4 is 17.5 Å². The van der Waals surface area contributed by atoms with Crippen LogP contribution in [-0.2, 0) is 11.3 Å². The number of nitrogens with one attached hydrogen (secondary N) is 1. The van der Waals surface area contributed by atoms with E-state index < -0.39 is 6.10 Å². The zero-order chi connectivity index (χ0) is 12.0. The summed E-state index contributed by atoms with van der Waals surface area (Å²) in [5.74, 6) is -0.204. The van der Waals surface area contributed by atoms with Gasteiger partial charge in [0, 0.05) is 17.8 Å². The quantitative estimate of drug-likeness (QED) is 0.717. The van der Waals surface area contributed by atoms with Crippen LogP contribution in [0.2, 0.25) is 0 Å². The number of aliphatic hydroxyl groups excluding tert-OH is 1. The van der Waals surface area contributed by atoms with Crippen molar-refractivity contribution in [3.8, 4) is 0 Å². The Hall–Kier alpha value is -1.88. The van der Waals surface area contributed by atoms with Crippen molar-refractivity contribution in [2.75, 3.05) is 11.4 Å². The minimum atomic E-state index is -0.607. The monoisotopic (exact) mass is 232 g/mol. The molecule has 0 aliphatic carbocycles. The molecule has 1 saturated heterocycles. The van der Waals surface area contributed by atoms with Crippen molar-refractivity contribution in [2.24, 2.45) is 0 Å². The molecule has 1 unspecified atom stereocenters. The molecule has 2 amide bonds. The van der Waals surface area contributed by atoms with Crippen molar-refractivity contribution in [2.45, 2.75) is 19.1 Å². The van der Waals surface area contributed by atoms with Crippen LogP contribution in [0.3, 0.4) is 0 Å². The molecule has 0 radical (unpaired) electrons. The molecular weight excluding hydrogens is 220 g/mol. The lowest BCUT2D eigenvalue weighted by Crippen LogP contribution is -2.25. The Kier molecular flexibility index (Phi) is 2.16. The molecule has 1 fully saturated rings. The van der Waals surface area contributed by atoms with E-state index in [-0.39, 0.29) is 18.2 Å². The number of rotatable bonds is 1. The molecule has 5 nitrogen and oxygen atoms in total. The summed E-state index contributed by atoms with van der Waals surface area (Å²) in [5.41, 5.74) is 2.25. The zero-order valence-corrected chi connectivity index (χ0v) is 9.14. The van der Waals surface area contributed by atoms with Crippen LogP contribution in [0.4, 0.5) is 5.69 Å². The van der Waals surface area contributed by atoms with Gasteiger partial charge in [-0.3, -0.25) is 9.59 Å². The van der Waals surface area contributed by atoms with E-state index in [0.29, 0.717) is 24.3 Å². The van der Waals surface area contributed by atoms with E-state index in [9.17, 15) is 14.7 Å². The highest BCUT2D eigenvalue weighted by molar-refractivity contribution is 6.01. The van der Waals surface area contributed by atoms with E-state index in [1.54, 1.807) is 6.07 Å². The number of hydrogen-bond acceptors (Lipinski definition) is 3. The third kappa shape index (κ3) is 1.59. The molecule has 5 heteroatoms. The van der Waals surface area contributed by atoms with E-state index in [1.807, 2.05) is 12.1 Å². The van der Waals surface area contributed by atoms with Crippen LogP contribution < -0.4 is 10.2 Å². The van der Waals surface area contributed by atoms with Gasteiger partial charge in [-0.2, -0.15) is 0 Å². The smallest absolute Gasteiger partial charge is 0.251 e. The minimum absolute atomic E-state index is 0.101. The largest absolute Gasteiger partial charge is 0.391 e. The summed E-state index contributed by atoms with van der Waals surface area (Å²) in [7, 11) is 0. The Balaban J connectivity index is 1.97. The number of amides is 2. The van der Waals surface area contributed by atoms with Crippen LogP contribution in [0.25, 0.3) is 0 Å². The van der Waals surface area contributed by atoms with Crippen LogP contribution in [-0.4, -0.2) is 29.6 Å². The van der Waals surface area contributed by atoms with Crippen molar-refractivity contribution in [3.05, 3.63) is 29.3 Å². The molecule has 0 saturated carbocycles. The molecule has 2 N–H and O–H groups in total. The number of anilines is 1. The molecule has 2 aliphatic heterocycles. The van der Waals surface area contributed by atoms with Crippen LogP contribution in [0, 0.1) is 0 Å². The number of carbonyl (C=O) groups excluding carboxylic acids is 2. The van der Waals surface area contributed by atoms with E-state index in [4.69, 9.17) is 0 Å². The van der Waals surface area contributed by atoms with Gasteiger partial charge in [0.1, 0.15) is 0 Å². The number of fused-ring (bicyclic) bond motifs is 1. The first kappa shape index (κ1) is 10.3. The highest BCUT2D eigenvalue weighted by Crippen LogP contribution is 2.26. The number of benzene rings is 1. The van der Waals surface area contributed by atoms with E-state index in [1.165, 1.54) is 4.90 Å². The molecule has 88 valence electrons. The fraction of sp³-hybridized carbons (Fsp3) is 0.333. The van der Waals surface area contributed by atoms with Crippen LogP contribution >= 0.6 is 0 Å². The Morgan fingerprint density at radius 2 is 2.18 bits per heavy atom. The lowest BCUT2D eigenvalue weighted by molar-refractivity contribution is -0.117.